The van der Waals surface area contributed by atoms with Crippen molar-refractivity contribution in [3.63, 3.8) is 0 Å². The van der Waals surface area contributed by atoms with Crippen LogP contribution in [0.2, 0.25) is 0 Å². The number of nitrogens with one attached hydrogen (secondary N) is 2. The standard InChI is InChI=1S/C8H10N2O4/c9-5-3(1-11)7(13)6(10)4(2-12)8(5)14/h3-4,9-12H,1-2H2. The molecule has 0 aromatic carbocycles. The van der Waals surface area contributed by atoms with Gasteiger partial charge in [-0.15, -0.1) is 0 Å². The molecule has 0 aromatic rings. The molecule has 2 unspecified atom stereocenters. The van der Waals surface area contributed by atoms with Crippen LogP contribution in [-0.2, 0) is 9.59 Å². The predicted octanol–water partition coefficient (Wildman–Crippen LogP) is -1.61. The molecule has 0 amide bonds. The van der Waals surface area contributed by atoms with E-state index in [1.54, 1.807) is 0 Å². The van der Waals surface area contributed by atoms with E-state index >= 15 is 0 Å². The molecule has 0 saturated heterocycles. The molecule has 0 spiro atoms. The van der Waals surface area contributed by atoms with Crippen LogP contribution >= 0.6 is 0 Å². The maximum absolute atomic E-state index is 11.3. The minimum absolute atomic E-state index is 0.521. The maximum Gasteiger partial charge on any atom is 0.188 e. The molecule has 1 aliphatic rings. The number of hydrogen-bond donors (Lipinski definition) is 4. The third-order valence-electron chi connectivity index (χ3n) is 2.23. The topological polar surface area (TPSA) is 122 Å². The molecule has 1 saturated carbocycles. The molecule has 0 aromatic heterocycles. The van der Waals surface area contributed by atoms with Crippen LogP contribution in [0.3, 0.4) is 0 Å². The Bertz CT molecular complexity index is 263. The first-order valence-electron chi connectivity index (χ1n) is 4.01. The Morgan fingerprint density at radius 1 is 0.929 bits per heavy atom. The Labute approximate surface area is 79.6 Å². The van der Waals surface area contributed by atoms with Crippen LogP contribution in [0.1, 0.15) is 0 Å². The molecule has 1 aliphatic carbocycles. The van der Waals surface area contributed by atoms with Crippen LogP contribution in [0.5, 0.6) is 0 Å². The summed E-state index contributed by atoms with van der Waals surface area (Å²) >= 11 is 0. The molecule has 2 atom stereocenters. The van der Waals surface area contributed by atoms with Crippen LogP contribution in [0, 0.1) is 22.7 Å². The van der Waals surface area contributed by atoms with Gasteiger partial charge in [0.15, 0.2) is 11.6 Å². The van der Waals surface area contributed by atoms with Crippen molar-refractivity contribution in [2.75, 3.05) is 13.2 Å². The summed E-state index contributed by atoms with van der Waals surface area (Å²) in [5.41, 5.74) is -1.04. The summed E-state index contributed by atoms with van der Waals surface area (Å²) in [6.07, 6.45) is 0. The minimum Gasteiger partial charge on any atom is -0.395 e. The van der Waals surface area contributed by atoms with E-state index in [-0.39, 0.29) is 0 Å². The molecule has 0 heterocycles. The van der Waals surface area contributed by atoms with Gasteiger partial charge >= 0.3 is 0 Å². The van der Waals surface area contributed by atoms with Gasteiger partial charge in [0.25, 0.3) is 0 Å². The van der Waals surface area contributed by atoms with Gasteiger partial charge in [0, 0.05) is 0 Å². The molecule has 0 aliphatic heterocycles. The average Bonchev–Trinajstić information content (AvgIpc) is 2.17. The fourth-order valence-electron chi connectivity index (χ4n) is 1.33. The summed E-state index contributed by atoms with van der Waals surface area (Å²) in [7, 11) is 0. The van der Waals surface area contributed by atoms with Gasteiger partial charge in [-0.05, 0) is 0 Å². The smallest absolute Gasteiger partial charge is 0.188 e. The summed E-state index contributed by atoms with van der Waals surface area (Å²) in [6.45, 7) is -1.30. The highest BCUT2D eigenvalue weighted by atomic mass is 16.3. The summed E-state index contributed by atoms with van der Waals surface area (Å²) in [4.78, 5) is 22.6. The second kappa shape index (κ2) is 3.77. The molecule has 76 valence electrons. The fraction of sp³-hybridized carbons (Fsp3) is 0.500. The van der Waals surface area contributed by atoms with Crippen molar-refractivity contribution in [1.82, 2.24) is 0 Å². The summed E-state index contributed by atoms with van der Waals surface area (Å²) < 4.78 is 0. The van der Waals surface area contributed by atoms with Crippen LogP contribution in [0.4, 0.5) is 0 Å². The normalized spacial score (nSPS) is 28.4. The summed E-state index contributed by atoms with van der Waals surface area (Å²) in [6, 6.07) is 0. The van der Waals surface area contributed by atoms with Gasteiger partial charge in [0.2, 0.25) is 0 Å². The van der Waals surface area contributed by atoms with E-state index in [2.05, 4.69) is 0 Å². The number of aliphatic hydroxyl groups excluding tert-OH is 2. The lowest BCUT2D eigenvalue weighted by molar-refractivity contribution is -0.122. The van der Waals surface area contributed by atoms with E-state index in [1.807, 2.05) is 0 Å². The minimum atomic E-state index is -1.22. The number of rotatable bonds is 2. The lowest BCUT2D eigenvalue weighted by atomic mass is 9.77. The van der Waals surface area contributed by atoms with E-state index in [9.17, 15) is 9.59 Å². The third-order valence-corrected chi connectivity index (χ3v) is 2.23. The summed E-state index contributed by atoms with van der Waals surface area (Å²) in [5.74, 6) is -3.96. The van der Waals surface area contributed by atoms with Gasteiger partial charge in [0.05, 0.1) is 36.5 Å². The Kier molecular flexibility index (Phi) is 2.87. The van der Waals surface area contributed by atoms with Gasteiger partial charge in [-0.25, -0.2) is 0 Å². The fourth-order valence-corrected chi connectivity index (χ4v) is 1.33. The van der Waals surface area contributed by atoms with Crippen LogP contribution < -0.4 is 0 Å². The average molecular weight is 198 g/mol. The van der Waals surface area contributed by atoms with Crippen LogP contribution in [-0.4, -0.2) is 46.4 Å². The first kappa shape index (κ1) is 10.7. The van der Waals surface area contributed by atoms with Crippen molar-refractivity contribution in [3.8, 4) is 0 Å². The number of Topliss-reactive ketones (excluding diaryl/α,β-unsaturated/α-hetero) is 2. The molecule has 14 heavy (non-hydrogen) atoms. The second-order valence-corrected chi connectivity index (χ2v) is 3.03. The molecule has 6 nitrogen and oxygen atoms in total. The Morgan fingerprint density at radius 3 is 1.43 bits per heavy atom. The third kappa shape index (κ3) is 1.38. The second-order valence-electron chi connectivity index (χ2n) is 3.03. The lowest BCUT2D eigenvalue weighted by Gasteiger charge is -2.25. The van der Waals surface area contributed by atoms with Crippen LogP contribution in [0.25, 0.3) is 0 Å². The Hall–Kier alpha value is -1.40. The highest BCUT2D eigenvalue weighted by molar-refractivity contribution is 6.61. The van der Waals surface area contributed by atoms with E-state index in [1.165, 1.54) is 0 Å². The largest absolute Gasteiger partial charge is 0.395 e. The number of hydrogen-bond acceptors (Lipinski definition) is 6. The molecular weight excluding hydrogens is 188 g/mol. The maximum atomic E-state index is 11.3. The van der Waals surface area contributed by atoms with E-state index in [4.69, 9.17) is 21.0 Å². The van der Waals surface area contributed by atoms with Gasteiger partial charge in [-0.1, -0.05) is 0 Å². The zero-order valence-electron chi connectivity index (χ0n) is 7.28. The first-order valence-corrected chi connectivity index (χ1v) is 4.01. The molecule has 6 heteroatoms. The van der Waals surface area contributed by atoms with Gasteiger partial charge in [-0.2, -0.15) is 0 Å². The first-order chi connectivity index (χ1) is 6.54. The number of carbonyl (C=O) groups is 2. The van der Waals surface area contributed by atoms with Crippen molar-refractivity contribution < 1.29 is 19.8 Å². The zero-order chi connectivity index (χ0) is 10.9. The molecule has 0 radical (unpaired) electrons. The highest BCUT2D eigenvalue weighted by Gasteiger charge is 2.42. The van der Waals surface area contributed by atoms with E-state index < -0.39 is 48.0 Å². The van der Waals surface area contributed by atoms with E-state index in [0.29, 0.717) is 0 Å². The van der Waals surface area contributed by atoms with Crippen molar-refractivity contribution in [2.45, 2.75) is 0 Å². The van der Waals surface area contributed by atoms with Crippen molar-refractivity contribution in [3.05, 3.63) is 0 Å². The van der Waals surface area contributed by atoms with Crippen LogP contribution in [0.15, 0.2) is 0 Å². The Morgan fingerprint density at radius 2 is 1.21 bits per heavy atom. The van der Waals surface area contributed by atoms with E-state index in [0.717, 1.165) is 0 Å². The Balaban J connectivity index is 3.06. The van der Waals surface area contributed by atoms with Gasteiger partial charge < -0.3 is 21.0 Å². The number of ketones is 2. The van der Waals surface area contributed by atoms with Gasteiger partial charge in [-0.3, -0.25) is 9.59 Å². The lowest BCUT2D eigenvalue weighted by Crippen LogP contribution is -2.50. The van der Waals surface area contributed by atoms with Crippen molar-refractivity contribution in [1.29, 1.82) is 10.8 Å². The SMILES string of the molecule is N=C1C(=O)C(CO)C(=N)C(=O)C1CO. The molecular formula is C8H10N2O4. The number of aliphatic hydroxyl groups is 2. The highest BCUT2D eigenvalue weighted by Crippen LogP contribution is 2.17. The molecule has 4 N–H and O–H groups in total. The summed E-state index contributed by atoms with van der Waals surface area (Å²) in [5, 5.41) is 32.0. The van der Waals surface area contributed by atoms with Crippen molar-refractivity contribution >= 4 is 23.0 Å². The predicted molar refractivity (Wildman–Crippen MR) is 46.6 cm³/mol. The molecule has 1 fully saturated rings. The molecule has 1 rings (SSSR count). The van der Waals surface area contributed by atoms with Gasteiger partial charge in [0.1, 0.15) is 0 Å². The number of carbonyl (C=O) groups excluding carboxylic acids is 2. The monoisotopic (exact) mass is 198 g/mol. The zero-order valence-corrected chi connectivity index (χ0v) is 7.28. The quantitative estimate of drug-likeness (QED) is 0.426. The molecule has 0 bridgehead atoms. The van der Waals surface area contributed by atoms with Crippen molar-refractivity contribution in [2.24, 2.45) is 11.8 Å².